The van der Waals surface area contributed by atoms with Gasteiger partial charge in [-0.05, 0) is 42.8 Å². The minimum atomic E-state index is -0.0509. The first-order chi connectivity index (χ1) is 15.8. The number of hydrogen-bond acceptors (Lipinski definition) is 6. The average Bonchev–Trinajstić information content (AvgIpc) is 2.87. The number of aromatic nitrogens is 2. The van der Waals surface area contributed by atoms with Gasteiger partial charge in [-0.15, -0.1) is 10.2 Å². The summed E-state index contributed by atoms with van der Waals surface area (Å²) in [5.41, 5.74) is 3.53. The van der Waals surface area contributed by atoms with Crippen LogP contribution in [0, 0.1) is 0 Å². The molecule has 1 amide bonds. The lowest BCUT2D eigenvalue weighted by Crippen LogP contribution is -2.38. The highest BCUT2D eigenvalue weighted by Crippen LogP contribution is 2.18. The monoisotopic (exact) mass is 431 g/mol. The van der Waals surface area contributed by atoms with Gasteiger partial charge in [-0.2, -0.15) is 0 Å². The fraction of sp³-hybridized carbons (Fsp3) is 0.320. The first kappa shape index (κ1) is 21.9. The molecule has 166 valence electrons. The second-order valence-electron chi connectivity index (χ2n) is 7.78. The molecule has 0 saturated carbocycles. The number of carbonyl (C=O) groups excluding carboxylic acids is 1. The van der Waals surface area contributed by atoms with Gasteiger partial charge in [0.1, 0.15) is 5.82 Å². The molecule has 0 radical (unpaired) electrons. The number of hydrogen-bond donors (Lipinski definition) is 2. The van der Waals surface area contributed by atoms with E-state index in [-0.39, 0.29) is 5.91 Å². The van der Waals surface area contributed by atoms with Crippen molar-refractivity contribution in [1.29, 1.82) is 0 Å². The van der Waals surface area contributed by atoms with Crippen molar-refractivity contribution in [3.05, 3.63) is 77.9 Å². The highest BCUT2D eigenvalue weighted by molar-refractivity contribution is 5.94. The third kappa shape index (κ3) is 6.35. The third-order valence-electron chi connectivity index (χ3n) is 5.46. The quantitative estimate of drug-likeness (QED) is 0.507. The van der Waals surface area contributed by atoms with Gasteiger partial charge in [-0.1, -0.05) is 42.5 Å². The Morgan fingerprint density at radius 1 is 0.938 bits per heavy atom. The van der Waals surface area contributed by atoms with E-state index in [1.165, 1.54) is 5.56 Å². The van der Waals surface area contributed by atoms with E-state index in [9.17, 15) is 4.79 Å². The third-order valence-corrected chi connectivity index (χ3v) is 5.46. The molecule has 0 unspecified atom stereocenters. The molecule has 1 fully saturated rings. The Hall–Kier alpha value is -3.29. The van der Waals surface area contributed by atoms with E-state index in [4.69, 9.17) is 4.74 Å². The Morgan fingerprint density at radius 3 is 2.44 bits per heavy atom. The number of nitrogens with one attached hydrogen (secondary N) is 2. The lowest BCUT2D eigenvalue weighted by molar-refractivity contribution is 0.0374. The molecule has 7 heteroatoms. The van der Waals surface area contributed by atoms with Crippen LogP contribution in [0.2, 0.25) is 0 Å². The van der Waals surface area contributed by atoms with E-state index in [1.54, 1.807) is 0 Å². The molecule has 1 aliphatic heterocycles. The summed E-state index contributed by atoms with van der Waals surface area (Å²) in [4.78, 5) is 14.8. The number of anilines is 1. The van der Waals surface area contributed by atoms with Crippen molar-refractivity contribution in [3.8, 4) is 11.3 Å². The van der Waals surface area contributed by atoms with E-state index in [0.29, 0.717) is 18.7 Å². The number of benzene rings is 2. The minimum absolute atomic E-state index is 0.0509. The fourth-order valence-corrected chi connectivity index (χ4v) is 3.59. The van der Waals surface area contributed by atoms with Crippen LogP contribution in [0.5, 0.6) is 0 Å². The maximum absolute atomic E-state index is 12.4. The molecule has 4 rings (SSSR count). The number of rotatable bonds is 9. The van der Waals surface area contributed by atoms with E-state index in [2.05, 4.69) is 37.9 Å². The summed E-state index contributed by atoms with van der Waals surface area (Å²) in [6.07, 6.45) is 0.935. The normalized spacial score (nSPS) is 14.1. The Kier molecular flexibility index (Phi) is 7.79. The van der Waals surface area contributed by atoms with Crippen molar-refractivity contribution in [2.75, 3.05) is 44.7 Å². The first-order valence-corrected chi connectivity index (χ1v) is 11.1. The SMILES string of the molecule is O=C(NCCCN1CCOCC1)c1ccc(-c2ccc(NCc3ccccc3)nn2)cc1. The second kappa shape index (κ2) is 11.4. The van der Waals surface area contributed by atoms with Crippen molar-refractivity contribution < 1.29 is 9.53 Å². The van der Waals surface area contributed by atoms with E-state index < -0.39 is 0 Å². The predicted octanol–water partition coefficient (Wildman–Crippen LogP) is 3.21. The summed E-state index contributed by atoms with van der Waals surface area (Å²) in [5, 5.41) is 14.9. The number of ether oxygens (including phenoxy) is 1. The van der Waals surface area contributed by atoms with Crippen LogP contribution < -0.4 is 10.6 Å². The lowest BCUT2D eigenvalue weighted by atomic mass is 10.1. The van der Waals surface area contributed by atoms with Gasteiger partial charge in [0.05, 0.1) is 18.9 Å². The maximum Gasteiger partial charge on any atom is 0.251 e. The summed E-state index contributed by atoms with van der Waals surface area (Å²) in [7, 11) is 0. The Labute approximate surface area is 188 Å². The van der Waals surface area contributed by atoms with Crippen molar-refractivity contribution in [2.45, 2.75) is 13.0 Å². The number of morpholine rings is 1. The van der Waals surface area contributed by atoms with Crippen molar-refractivity contribution in [3.63, 3.8) is 0 Å². The molecule has 2 aromatic carbocycles. The zero-order valence-electron chi connectivity index (χ0n) is 18.2. The molecule has 1 aromatic heterocycles. The average molecular weight is 432 g/mol. The molecular formula is C25H29N5O2. The molecule has 1 aliphatic rings. The fourth-order valence-electron chi connectivity index (χ4n) is 3.59. The molecule has 3 aromatic rings. The summed E-state index contributed by atoms with van der Waals surface area (Å²) >= 11 is 0. The molecule has 1 saturated heterocycles. The maximum atomic E-state index is 12.4. The van der Waals surface area contributed by atoms with Gasteiger partial charge in [0.25, 0.3) is 5.91 Å². The molecular weight excluding hydrogens is 402 g/mol. The molecule has 0 aliphatic carbocycles. The number of carbonyl (C=O) groups is 1. The van der Waals surface area contributed by atoms with E-state index in [1.807, 2.05) is 54.6 Å². The van der Waals surface area contributed by atoms with Gasteiger partial charge in [0, 0.05) is 37.3 Å². The zero-order valence-corrected chi connectivity index (χ0v) is 18.2. The largest absolute Gasteiger partial charge is 0.379 e. The van der Waals surface area contributed by atoms with Gasteiger partial charge in [-0.3, -0.25) is 9.69 Å². The predicted molar refractivity (Wildman–Crippen MR) is 125 cm³/mol. The molecule has 0 spiro atoms. The van der Waals surface area contributed by atoms with E-state index >= 15 is 0 Å². The number of amides is 1. The van der Waals surface area contributed by atoms with Gasteiger partial charge >= 0.3 is 0 Å². The van der Waals surface area contributed by atoms with Crippen LogP contribution in [-0.2, 0) is 11.3 Å². The summed E-state index contributed by atoms with van der Waals surface area (Å²) in [6.45, 7) is 5.90. The van der Waals surface area contributed by atoms with Crippen LogP contribution in [0.3, 0.4) is 0 Å². The summed E-state index contributed by atoms with van der Waals surface area (Å²) < 4.78 is 5.35. The minimum Gasteiger partial charge on any atom is -0.379 e. The molecule has 2 heterocycles. The molecule has 0 bridgehead atoms. The Morgan fingerprint density at radius 2 is 1.72 bits per heavy atom. The van der Waals surface area contributed by atoms with Crippen LogP contribution in [-0.4, -0.2) is 60.4 Å². The van der Waals surface area contributed by atoms with Gasteiger partial charge in [-0.25, -0.2) is 0 Å². The van der Waals surface area contributed by atoms with Crippen LogP contribution >= 0.6 is 0 Å². The summed E-state index contributed by atoms with van der Waals surface area (Å²) in [6, 6.07) is 21.5. The van der Waals surface area contributed by atoms with Crippen LogP contribution in [0.25, 0.3) is 11.3 Å². The smallest absolute Gasteiger partial charge is 0.251 e. The number of nitrogens with zero attached hydrogens (tertiary/aromatic N) is 3. The first-order valence-electron chi connectivity index (χ1n) is 11.1. The Bertz CT molecular complexity index is 971. The molecule has 0 atom stereocenters. The van der Waals surface area contributed by atoms with E-state index in [0.717, 1.165) is 56.3 Å². The topological polar surface area (TPSA) is 79.4 Å². The van der Waals surface area contributed by atoms with Crippen LogP contribution in [0.15, 0.2) is 66.7 Å². The van der Waals surface area contributed by atoms with Crippen molar-refractivity contribution in [1.82, 2.24) is 20.4 Å². The van der Waals surface area contributed by atoms with Crippen LogP contribution in [0.4, 0.5) is 5.82 Å². The van der Waals surface area contributed by atoms with Crippen molar-refractivity contribution in [2.24, 2.45) is 0 Å². The van der Waals surface area contributed by atoms with Gasteiger partial charge in [0.15, 0.2) is 0 Å². The molecule has 2 N–H and O–H groups in total. The standard InChI is InChI=1S/C25H29N5O2/c31-25(26-13-4-14-30-15-17-32-18-16-30)22-9-7-21(8-10-22)23-11-12-24(29-28-23)27-19-20-5-2-1-3-6-20/h1-3,5-12H,4,13-19H2,(H,26,31)(H,27,29). The highest BCUT2D eigenvalue weighted by atomic mass is 16.5. The van der Waals surface area contributed by atoms with Gasteiger partial charge < -0.3 is 15.4 Å². The lowest BCUT2D eigenvalue weighted by Gasteiger charge is -2.26. The molecule has 32 heavy (non-hydrogen) atoms. The zero-order chi connectivity index (χ0) is 22.0. The Balaban J connectivity index is 1.24. The second-order valence-corrected chi connectivity index (χ2v) is 7.78. The van der Waals surface area contributed by atoms with Crippen molar-refractivity contribution >= 4 is 11.7 Å². The summed E-state index contributed by atoms with van der Waals surface area (Å²) in [5.74, 6) is 0.677. The van der Waals surface area contributed by atoms with Crippen LogP contribution in [0.1, 0.15) is 22.3 Å². The van der Waals surface area contributed by atoms with Gasteiger partial charge in [0.2, 0.25) is 0 Å². The molecule has 7 nitrogen and oxygen atoms in total. The highest BCUT2D eigenvalue weighted by Gasteiger charge is 2.10.